The smallest absolute Gasteiger partial charge is 0.151 e. The SMILES string of the molecule is CC(CF)N1Cc2cc(Cl)ccc2-n2c(nnc2C2CCN(c3ccccn3)CC2)C1. The Bertz CT molecular complexity index is 1050. The molecule has 6 nitrogen and oxygen atoms in total. The maximum atomic E-state index is 13.5. The Morgan fingerprint density at radius 2 is 1.97 bits per heavy atom. The predicted molar refractivity (Wildman–Crippen MR) is 119 cm³/mol. The third kappa shape index (κ3) is 3.92. The van der Waals surface area contributed by atoms with Crippen LogP contribution in [0.5, 0.6) is 0 Å². The molecule has 31 heavy (non-hydrogen) atoms. The largest absolute Gasteiger partial charge is 0.357 e. The standard InChI is InChI=1S/C23H26ClFN6/c1-16(13-25)30-14-18-12-19(24)5-6-20(18)31-22(15-30)27-28-23(31)17-7-10-29(11-8-17)21-4-2-3-9-26-21/h2-6,9,12,16-17H,7-8,10-11,13-15H2,1H3. The molecule has 3 aromatic rings. The van der Waals surface area contributed by atoms with E-state index in [1.165, 1.54) is 0 Å². The Hall–Kier alpha value is -2.51. The molecular weight excluding hydrogens is 415 g/mol. The van der Waals surface area contributed by atoms with Gasteiger partial charge in [0.15, 0.2) is 5.82 Å². The predicted octanol–water partition coefficient (Wildman–Crippen LogP) is 4.37. The van der Waals surface area contributed by atoms with Crippen LogP contribution in [-0.4, -0.2) is 50.5 Å². The number of halogens is 2. The van der Waals surface area contributed by atoms with Gasteiger partial charge in [-0.15, -0.1) is 10.2 Å². The summed E-state index contributed by atoms with van der Waals surface area (Å²) in [6, 6.07) is 11.8. The summed E-state index contributed by atoms with van der Waals surface area (Å²) in [5, 5.41) is 9.86. The third-order valence-electron chi connectivity index (χ3n) is 6.44. The molecule has 0 amide bonds. The minimum Gasteiger partial charge on any atom is -0.357 e. The lowest BCUT2D eigenvalue weighted by atomic mass is 9.95. The van der Waals surface area contributed by atoms with Gasteiger partial charge in [0.25, 0.3) is 0 Å². The van der Waals surface area contributed by atoms with Crippen LogP contribution in [0.2, 0.25) is 5.02 Å². The van der Waals surface area contributed by atoms with Gasteiger partial charge in [0.1, 0.15) is 18.3 Å². The number of aromatic nitrogens is 4. The minimum atomic E-state index is -0.400. The number of pyridine rings is 1. The molecule has 1 fully saturated rings. The lowest BCUT2D eigenvalue weighted by molar-refractivity contribution is 0.160. The van der Waals surface area contributed by atoms with Crippen molar-refractivity contribution in [1.29, 1.82) is 0 Å². The first-order chi connectivity index (χ1) is 15.1. The van der Waals surface area contributed by atoms with Crippen LogP contribution < -0.4 is 4.90 Å². The summed E-state index contributed by atoms with van der Waals surface area (Å²) in [6.07, 6.45) is 3.82. The van der Waals surface area contributed by atoms with Gasteiger partial charge in [-0.25, -0.2) is 9.37 Å². The van der Waals surface area contributed by atoms with Crippen molar-refractivity contribution in [1.82, 2.24) is 24.6 Å². The van der Waals surface area contributed by atoms with E-state index < -0.39 is 6.67 Å². The molecule has 0 aliphatic carbocycles. The normalized spacial score (nSPS) is 18.4. The van der Waals surface area contributed by atoms with Crippen molar-refractivity contribution >= 4 is 17.4 Å². The van der Waals surface area contributed by atoms with Gasteiger partial charge >= 0.3 is 0 Å². The molecule has 1 saturated heterocycles. The zero-order valence-electron chi connectivity index (χ0n) is 17.6. The Labute approximate surface area is 186 Å². The van der Waals surface area contributed by atoms with Gasteiger partial charge in [0.05, 0.1) is 12.2 Å². The molecule has 1 unspecified atom stereocenters. The second-order valence-electron chi connectivity index (χ2n) is 8.44. The van der Waals surface area contributed by atoms with Gasteiger partial charge in [0.2, 0.25) is 0 Å². The lowest BCUT2D eigenvalue weighted by Crippen LogP contribution is -2.34. The van der Waals surface area contributed by atoms with Gasteiger partial charge in [-0.05, 0) is 55.7 Å². The molecule has 0 spiro atoms. The number of rotatable bonds is 4. The molecular formula is C23H26ClFN6. The number of benzene rings is 1. The van der Waals surface area contributed by atoms with Gasteiger partial charge in [-0.1, -0.05) is 17.7 Å². The first-order valence-corrected chi connectivity index (χ1v) is 11.2. The topological polar surface area (TPSA) is 50.1 Å². The van der Waals surface area contributed by atoms with Crippen molar-refractivity contribution in [2.24, 2.45) is 0 Å². The van der Waals surface area contributed by atoms with E-state index in [0.717, 1.165) is 54.6 Å². The molecule has 2 aliphatic rings. The molecule has 0 bridgehead atoms. The highest BCUT2D eigenvalue weighted by molar-refractivity contribution is 6.30. The summed E-state index contributed by atoms with van der Waals surface area (Å²) in [7, 11) is 0. The van der Waals surface area contributed by atoms with Crippen LogP contribution in [0.4, 0.5) is 10.2 Å². The van der Waals surface area contributed by atoms with Gasteiger partial charge < -0.3 is 4.90 Å². The van der Waals surface area contributed by atoms with E-state index in [1.54, 1.807) is 0 Å². The van der Waals surface area contributed by atoms with E-state index in [1.807, 2.05) is 43.5 Å². The van der Waals surface area contributed by atoms with Crippen LogP contribution in [0.25, 0.3) is 5.69 Å². The summed E-state index contributed by atoms with van der Waals surface area (Å²) >= 11 is 6.31. The summed E-state index contributed by atoms with van der Waals surface area (Å²) in [5.41, 5.74) is 2.14. The van der Waals surface area contributed by atoms with Crippen LogP contribution in [0.15, 0.2) is 42.6 Å². The number of hydrogen-bond acceptors (Lipinski definition) is 5. The number of nitrogens with zero attached hydrogens (tertiary/aromatic N) is 6. The fourth-order valence-corrected chi connectivity index (χ4v) is 4.83. The number of fused-ring (bicyclic) bond motifs is 3. The maximum absolute atomic E-state index is 13.5. The quantitative estimate of drug-likeness (QED) is 0.602. The van der Waals surface area contributed by atoms with Crippen molar-refractivity contribution in [3.05, 3.63) is 64.8 Å². The van der Waals surface area contributed by atoms with Crippen molar-refractivity contribution < 1.29 is 4.39 Å². The molecule has 0 radical (unpaired) electrons. The molecule has 2 aromatic heterocycles. The number of hydrogen-bond donors (Lipinski definition) is 0. The van der Waals surface area contributed by atoms with Crippen LogP contribution in [0.3, 0.4) is 0 Å². The summed E-state index contributed by atoms with van der Waals surface area (Å²) in [4.78, 5) is 8.92. The van der Waals surface area contributed by atoms with Crippen molar-refractivity contribution in [3.63, 3.8) is 0 Å². The van der Waals surface area contributed by atoms with E-state index in [4.69, 9.17) is 11.6 Å². The van der Waals surface area contributed by atoms with E-state index in [2.05, 4.69) is 35.6 Å². The Morgan fingerprint density at radius 3 is 2.71 bits per heavy atom. The van der Waals surface area contributed by atoms with Crippen LogP contribution in [0.1, 0.15) is 42.9 Å². The Kier molecular flexibility index (Phi) is 5.63. The van der Waals surface area contributed by atoms with Gasteiger partial charge in [-0.3, -0.25) is 9.47 Å². The minimum absolute atomic E-state index is 0.194. The highest BCUT2D eigenvalue weighted by Crippen LogP contribution is 2.34. The molecule has 0 saturated carbocycles. The molecule has 162 valence electrons. The molecule has 1 atom stereocenters. The number of alkyl halides is 1. The van der Waals surface area contributed by atoms with E-state index in [9.17, 15) is 4.39 Å². The first kappa shape index (κ1) is 20.4. The average Bonchev–Trinajstić information content (AvgIpc) is 3.15. The Balaban J connectivity index is 1.46. The Morgan fingerprint density at radius 1 is 1.13 bits per heavy atom. The second-order valence-corrected chi connectivity index (χ2v) is 8.88. The van der Waals surface area contributed by atoms with Gasteiger partial charge in [-0.2, -0.15) is 0 Å². The second kappa shape index (κ2) is 8.55. The zero-order valence-corrected chi connectivity index (χ0v) is 18.3. The highest BCUT2D eigenvalue weighted by atomic mass is 35.5. The van der Waals surface area contributed by atoms with Crippen LogP contribution in [-0.2, 0) is 13.1 Å². The number of anilines is 1. The fourth-order valence-electron chi connectivity index (χ4n) is 4.63. The van der Waals surface area contributed by atoms with Crippen molar-refractivity contribution in [3.8, 4) is 5.69 Å². The molecule has 1 aromatic carbocycles. The maximum Gasteiger partial charge on any atom is 0.151 e. The van der Waals surface area contributed by atoms with Crippen LogP contribution in [0, 0.1) is 0 Å². The average molecular weight is 441 g/mol. The molecule has 0 N–H and O–H groups in total. The summed E-state index contributed by atoms with van der Waals surface area (Å²) in [5.74, 6) is 3.20. The molecule has 5 rings (SSSR count). The highest BCUT2D eigenvalue weighted by Gasteiger charge is 2.31. The third-order valence-corrected chi connectivity index (χ3v) is 6.67. The van der Waals surface area contributed by atoms with E-state index >= 15 is 0 Å². The van der Waals surface area contributed by atoms with E-state index in [0.29, 0.717) is 24.0 Å². The first-order valence-electron chi connectivity index (χ1n) is 10.8. The van der Waals surface area contributed by atoms with E-state index in [-0.39, 0.29) is 6.04 Å². The monoisotopic (exact) mass is 440 g/mol. The van der Waals surface area contributed by atoms with Crippen LogP contribution >= 0.6 is 11.6 Å². The molecule has 4 heterocycles. The summed E-state index contributed by atoms with van der Waals surface area (Å²) < 4.78 is 15.7. The fraction of sp³-hybridized carbons (Fsp3) is 0.435. The molecule has 2 aliphatic heterocycles. The lowest BCUT2D eigenvalue weighted by Gasteiger charge is -2.32. The summed E-state index contributed by atoms with van der Waals surface area (Å²) in [6.45, 7) is 4.58. The number of piperidine rings is 1. The molecule has 8 heteroatoms. The zero-order chi connectivity index (χ0) is 21.4. The van der Waals surface area contributed by atoms with Crippen molar-refractivity contribution in [2.75, 3.05) is 24.7 Å². The van der Waals surface area contributed by atoms with Crippen molar-refractivity contribution in [2.45, 2.75) is 44.8 Å². The van der Waals surface area contributed by atoms with Gasteiger partial charge in [0, 0.05) is 42.8 Å².